The number of rotatable bonds is 1. The van der Waals surface area contributed by atoms with Gasteiger partial charge in [0.2, 0.25) is 0 Å². The molecule has 1 aliphatic carbocycles. The summed E-state index contributed by atoms with van der Waals surface area (Å²) in [5.74, 6) is 1.17. The van der Waals surface area contributed by atoms with Gasteiger partial charge in [-0.3, -0.25) is 0 Å². The van der Waals surface area contributed by atoms with Crippen molar-refractivity contribution in [1.82, 2.24) is 0 Å². The predicted octanol–water partition coefficient (Wildman–Crippen LogP) is 2.84. The molecule has 0 spiro atoms. The van der Waals surface area contributed by atoms with Crippen LogP contribution in [0.25, 0.3) is 0 Å². The predicted molar refractivity (Wildman–Crippen MR) is 88.6 cm³/mol. The lowest BCUT2D eigenvalue weighted by atomic mass is 9.59. The zero-order chi connectivity index (χ0) is 16.4. The van der Waals surface area contributed by atoms with Crippen LogP contribution in [0, 0.1) is 45.3 Å². The minimum absolute atomic E-state index is 0.0580. The lowest BCUT2D eigenvalue weighted by Gasteiger charge is -2.43. The fourth-order valence-electron chi connectivity index (χ4n) is 3.52. The first-order valence-electron chi connectivity index (χ1n) is 7.25. The Morgan fingerprint density at radius 2 is 1.83 bits per heavy atom. The monoisotopic (exact) mass is 318 g/mol. The van der Waals surface area contributed by atoms with Crippen LogP contribution >= 0.6 is 11.8 Å². The normalized spacial score (nSPS) is 25.3. The molecule has 1 aromatic rings. The fraction of sp³-hybridized carbons (Fsp3) is 0.278. The molecular formula is C18H14N4S. The lowest BCUT2D eigenvalue weighted by molar-refractivity contribution is 0.368. The molecule has 112 valence electrons. The summed E-state index contributed by atoms with van der Waals surface area (Å²) in [6.07, 6.45) is 2.01. The topological polar surface area (TPSA) is 97.4 Å². The minimum Gasteiger partial charge on any atom is -0.399 e. The third-order valence-corrected chi connectivity index (χ3v) is 5.59. The van der Waals surface area contributed by atoms with Crippen molar-refractivity contribution in [3.05, 3.63) is 58.8 Å². The van der Waals surface area contributed by atoms with Crippen LogP contribution < -0.4 is 5.73 Å². The van der Waals surface area contributed by atoms with E-state index in [0.717, 1.165) is 22.6 Å². The van der Waals surface area contributed by atoms with Crippen LogP contribution in [0.15, 0.2) is 53.3 Å². The Labute approximate surface area is 139 Å². The number of hydrogen-bond acceptors (Lipinski definition) is 5. The Morgan fingerprint density at radius 1 is 1.13 bits per heavy atom. The number of nitriles is 3. The largest absolute Gasteiger partial charge is 0.399 e. The average Bonchev–Trinajstić information content (AvgIpc) is 2.61. The van der Waals surface area contributed by atoms with E-state index in [-0.39, 0.29) is 17.5 Å². The summed E-state index contributed by atoms with van der Waals surface area (Å²) in [6.45, 7) is 0. The van der Waals surface area contributed by atoms with E-state index >= 15 is 0 Å². The molecule has 0 bridgehead atoms. The quantitative estimate of drug-likeness (QED) is 0.858. The number of nitrogens with zero attached hydrogens (tertiary/aromatic N) is 3. The van der Waals surface area contributed by atoms with Crippen LogP contribution in [0.2, 0.25) is 0 Å². The minimum atomic E-state index is -1.51. The highest BCUT2D eigenvalue weighted by atomic mass is 32.2. The molecule has 1 aliphatic heterocycles. The van der Waals surface area contributed by atoms with E-state index in [4.69, 9.17) is 5.73 Å². The first kappa shape index (κ1) is 15.2. The second-order valence-electron chi connectivity index (χ2n) is 5.62. The molecule has 1 aromatic carbocycles. The van der Waals surface area contributed by atoms with Gasteiger partial charge in [-0.15, -0.1) is 0 Å². The van der Waals surface area contributed by atoms with Crippen LogP contribution in [-0.2, 0) is 0 Å². The zero-order valence-corrected chi connectivity index (χ0v) is 13.2. The third kappa shape index (κ3) is 2.12. The van der Waals surface area contributed by atoms with Gasteiger partial charge in [0.1, 0.15) is 6.07 Å². The van der Waals surface area contributed by atoms with Gasteiger partial charge in [0.25, 0.3) is 0 Å². The van der Waals surface area contributed by atoms with Crippen LogP contribution in [0.5, 0.6) is 0 Å². The first-order chi connectivity index (χ1) is 11.2. The SMILES string of the molecule is N#CC1=C(N)C(C#N)(C#N)C(c2ccccc2)C2CSCC=C12. The fourth-order valence-corrected chi connectivity index (χ4v) is 4.58. The van der Waals surface area contributed by atoms with Crippen molar-refractivity contribution in [2.45, 2.75) is 5.92 Å². The summed E-state index contributed by atoms with van der Waals surface area (Å²) in [4.78, 5) is 0. The second kappa shape index (κ2) is 5.84. The Kier molecular flexibility index (Phi) is 3.87. The molecule has 3 rings (SSSR count). The van der Waals surface area contributed by atoms with Gasteiger partial charge in [-0.1, -0.05) is 36.4 Å². The van der Waals surface area contributed by atoms with E-state index in [1.807, 2.05) is 36.4 Å². The van der Waals surface area contributed by atoms with Gasteiger partial charge >= 0.3 is 0 Å². The van der Waals surface area contributed by atoms with Crippen molar-refractivity contribution < 1.29 is 0 Å². The number of benzene rings is 1. The Morgan fingerprint density at radius 3 is 2.43 bits per heavy atom. The number of fused-ring (bicyclic) bond motifs is 1. The van der Waals surface area contributed by atoms with E-state index in [0.29, 0.717) is 5.57 Å². The number of hydrogen-bond donors (Lipinski definition) is 1. The maximum atomic E-state index is 9.82. The highest BCUT2D eigenvalue weighted by Crippen LogP contribution is 2.54. The summed E-state index contributed by atoms with van der Waals surface area (Å²) in [7, 11) is 0. The molecule has 0 saturated carbocycles. The lowest BCUT2D eigenvalue weighted by Crippen LogP contribution is -2.43. The van der Waals surface area contributed by atoms with E-state index in [9.17, 15) is 15.8 Å². The van der Waals surface area contributed by atoms with Gasteiger partial charge in [0, 0.05) is 23.3 Å². The van der Waals surface area contributed by atoms with Crippen molar-refractivity contribution in [1.29, 1.82) is 15.8 Å². The van der Waals surface area contributed by atoms with Gasteiger partial charge in [-0.2, -0.15) is 27.5 Å². The van der Waals surface area contributed by atoms with E-state index in [2.05, 4.69) is 18.2 Å². The van der Waals surface area contributed by atoms with Crippen LogP contribution in [0.4, 0.5) is 0 Å². The molecule has 1 heterocycles. The van der Waals surface area contributed by atoms with Crippen molar-refractivity contribution in [3.63, 3.8) is 0 Å². The van der Waals surface area contributed by atoms with Crippen LogP contribution in [0.1, 0.15) is 11.5 Å². The van der Waals surface area contributed by atoms with Crippen LogP contribution in [0.3, 0.4) is 0 Å². The summed E-state index contributed by atoms with van der Waals surface area (Å²) < 4.78 is 0. The molecular weight excluding hydrogens is 304 g/mol. The molecule has 2 N–H and O–H groups in total. The number of nitrogens with two attached hydrogens (primary N) is 1. The van der Waals surface area contributed by atoms with E-state index in [1.165, 1.54) is 0 Å². The first-order valence-corrected chi connectivity index (χ1v) is 8.41. The Bertz CT molecular complexity index is 803. The summed E-state index contributed by atoms with van der Waals surface area (Å²) in [6, 6.07) is 15.9. The Balaban J connectivity index is 2.33. The Hall–Kier alpha value is -2.68. The molecule has 0 radical (unpaired) electrons. The van der Waals surface area contributed by atoms with Crippen molar-refractivity contribution in [3.8, 4) is 18.2 Å². The molecule has 23 heavy (non-hydrogen) atoms. The molecule has 2 unspecified atom stereocenters. The van der Waals surface area contributed by atoms with Gasteiger partial charge in [-0.25, -0.2) is 0 Å². The highest BCUT2D eigenvalue weighted by Gasteiger charge is 2.53. The molecule has 5 heteroatoms. The van der Waals surface area contributed by atoms with Gasteiger partial charge in [-0.05, 0) is 11.1 Å². The van der Waals surface area contributed by atoms with Crippen molar-refractivity contribution >= 4 is 11.8 Å². The van der Waals surface area contributed by atoms with Crippen molar-refractivity contribution in [2.75, 3.05) is 11.5 Å². The number of thioether (sulfide) groups is 1. The van der Waals surface area contributed by atoms with E-state index < -0.39 is 5.41 Å². The average molecular weight is 318 g/mol. The molecule has 0 aromatic heterocycles. The summed E-state index contributed by atoms with van der Waals surface area (Å²) >= 11 is 1.75. The highest BCUT2D eigenvalue weighted by molar-refractivity contribution is 7.99. The van der Waals surface area contributed by atoms with Crippen LogP contribution in [-0.4, -0.2) is 11.5 Å². The van der Waals surface area contributed by atoms with Gasteiger partial charge in [0.05, 0.1) is 23.4 Å². The van der Waals surface area contributed by atoms with Crippen molar-refractivity contribution in [2.24, 2.45) is 17.1 Å². The van der Waals surface area contributed by atoms with Gasteiger partial charge < -0.3 is 5.73 Å². The molecule has 0 saturated heterocycles. The summed E-state index contributed by atoms with van der Waals surface area (Å²) in [5.41, 5.74) is 6.88. The smallest absolute Gasteiger partial charge is 0.191 e. The summed E-state index contributed by atoms with van der Waals surface area (Å²) in [5, 5.41) is 29.2. The van der Waals surface area contributed by atoms with E-state index in [1.54, 1.807) is 11.8 Å². The molecule has 2 atom stereocenters. The molecule has 0 fully saturated rings. The molecule has 0 amide bonds. The maximum Gasteiger partial charge on any atom is 0.191 e. The third-order valence-electron chi connectivity index (χ3n) is 4.59. The number of allylic oxidation sites excluding steroid dienone is 3. The second-order valence-corrected chi connectivity index (χ2v) is 6.70. The zero-order valence-electron chi connectivity index (χ0n) is 12.4. The maximum absolute atomic E-state index is 9.82. The molecule has 4 nitrogen and oxygen atoms in total. The molecule has 2 aliphatic rings. The van der Waals surface area contributed by atoms with Gasteiger partial charge in [0.15, 0.2) is 5.41 Å². The standard InChI is InChI=1S/C18H14N4S/c19-8-14-13-6-7-23-9-15(13)16(12-4-2-1-3-5-12)18(10-20,11-21)17(14)22/h1-6,15-16H,7,9,22H2.